The van der Waals surface area contributed by atoms with Crippen LogP contribution in [-0.2, 0) is 11.2 Å². The molecule has 2 aromatic carbocycles. The molecular formula is C17H18N2O3. The van der Waals surface area contributed by atoms with Crippen LogP contribution in [0.4, 0.5) is 0 Å². The van der Waals surface area contributed by atoms with E-state index in [-0.39, 0.29) is 18.3 Å². The van der Waals surface area contributed by atoms with Gasteiger partial charge in [0.05, 0.1) is 6.21 Å². The van der Waals surface area contributed by atoms with E-state index in [1.807, 2.05) is 24.3 Å². The lowest BCUT2D eigenvalue weighted by Gasteiger charge is -2.05. The zero-order chi connectivity index (χ0) is 15.8. The van der Waals surface area contributed by atoms with Crippen molar-refractivity contribution >= 4 is 12.1 Å². The Morgan fingerprint density at radius 1 is 1.18 bits per heavy atom. The first-order valence-corrected chi connectivity index (χ1v) is 7.00. The SMILES string of the molecule is CCc1ccc(OCC(=O)N/N=C\c2ccc(O)cc2)cc1. The largest absolute Gasteiger partial charge is 0.508 e. The highest BCUT2D eigenvalue weighted by molar-refractivity contribution is 5.83. The Morgan fingerprint density at radius 3 is 2.50 bits per heavy atom. The summed E-state index contributed by atoms with van der Waals surface area (Å²) in [6.07, 6.45) is 2.46. The van der Waals surface area contributed by atoms with E-state index in [2.05, 4.69) is 17.5 Å². The third-order valence-corrected chi connectivity index (χ3v) is 3.00. The molecular weight excluding hydrogens is 280 g/mol. The third-order valence-electron chi connectivity index (χ3n) is 3.00. The third kappa shape index (κ3) is 4.94. The van der Waals surface area contributed by atoms with E-state index in [1.54, 1.807) is 24.3 Å². The number of benzene rings is 2. The summed E-state index contributed by atoms with van der Waals surface area (Å²) in [4.78, 5) is 11.6. The molecule has 2 aromatic rings. The maximum atomic E-state index is 11.6. The molecule has 0 aromatic heterocycles. The van der Waals surface area contributed by atoms with Crippen molar-refractivity contribution < 1.29 is 14.6 Å². The number of nitrogens with one attached hydrogen (secondary N) is 1. The summed E-state index contributed by atoms with van der Waals surface area (Å²) in [5.41, 5.74) is 4.37. The first-order chi connectivity index (χ1) is 10.7. The van der Waals surface area contributed by atoms with Crippen LogP contribution in [0, 0.1) is 0 Å². The Labute approximate surface area is 129 Å². The minimum absolute atomic E-state index is 0.0988. The molecule has 2 rings (SSSR count). The predicted octanol–water partition coefficient (Wildman–Crippen LogP) is 2.48. The maximum Gasteiger partial charge on any atom is 0.277 e. The molecule has 2 N–H and O–H groups in total. The summed E-state index contributed by atoms with van der Waals surface area (Å²) in [7, 11) is 0. The molecule has 0 unspecified atom stereocenters. The lowest BCUT2D eigenvalue weighted by atomic mass is 10.2. The minimum atomic E-state index is -0.338. The highest BCUT2D eigenvalue weighted by atomic mass is 16.5. The Morgan fingerprint density at radius 2 is 1.86 bits per heavy atom. The van der Waals surface area contributed by atoms with Crippen LogP contribution in [0.5, 0.6) is 11.5 Å². The average Bonchev–Trinajstić information content (AvgIpc) is 2.55. The molecule has 22 heavy (non-hydrogen) atoms. The lowest BCUT2D eigenvalue weighted by molar-refractivity contribution is -0.123. The summed E-state index contributed by atoms with van der Waals surface area (Å²) < 4.78 is 5.37. The fourth-order valence-corrected chi connectivity index (χ4v) is 1.74. The number of hydrogen-bond acceptors (Lipinski definition) is 4. The van der Waals surface area contributed by atoms with Crippen molar-refractivity contribution in [1.29, 1.82) is 0 Å². The number of carbonyl (C=O) groups is 1. The van der Waals surface area contributed by atoms with Crippen LogP contribution in [0.2, 0.25) is 0 Å². The van der Waals surface area contributed by atoms with Crippen molar-refractivity contribution in [3.05, 3.63) is 59.7 Å². The molecule has 5 nitrogen and oxygen atoms in total. The quantitative estimate of drug-likeness (QED) is 0.636. The van der Waals surface area contributed by atoms with Gasteiger partial charge in [-0.3, -0.25) is 4.79 Å². The van der Waals surface area contributed by atoms with Crippen LogP contribution in [0.1, 0.15) is 18.1 Å². The topological polar surface area (TPSA) is 70.9 Å². The van der Waals surface area contributed by atoms with Crippen molar-refractivity contribution in [2.45, 2.75) is 13.3 Å². The number of nitrogens with zero attached hydrogens (tertiary/aromatic N) is 1. The normalized spacial score (nSPS) is 10.6. The maximum absolute atomic E-state index is 11.6. The predicted molar refractivity (Wildman–Crippen MR) is 85.2 cm³/mol. The van der Waals surface area contributed by atoms with Gasteiger partial charge in [0.15, 0.2) is 6.61 Å². The number of carbonyl (C=O) groups excluding carboxylic acids is 1. The molecule has 0 aliphatic heterocycles. The number of hydrazone groups is 1. The molecule has 0 atom stereocenters. The molecule has 114 valence electrons. The summed E-state index contributed by atoms with van der Waals surface area (Å²) in [5, 5.41) is 13.0. The van der Waals surface area contributed by atoms with Crippen LogP contribution in [0.25, 0.3) is 0 Å². The van der Waals surface area contributed by atoms with Gasteiger partial charge in [0, 0.05) is 0 Å². The van der Waals surface area contributed by atoms with Crippen LogP contribution < -0.4 is 10.2 Å². The standard InChI is InChI=1S/C17H18N2O3/c1-2-13-5-9-16(10-6-13)22-12-17(21)19-18-11-14-3-7-15(20)8-4-14/h3-11,20H,2,12H2,1H3,(H,19,21)/b18-11-. The van der Waals surface area contributed by atoms with Crippen molar-refractivity contribution in [3.63, 3.8) is 0 Å². The number of aryl methyl sites for hydroxylation is 1. The first-order valence-electron chi connectivity index (χ1n) is 7.00. The van der Waals surface area contributed by atoms with Crippen LogP contribution in [-0.4, -0.2) is 23.8 Å². The van der Waals surface area contributed by atoms with Gasteiger partial charge in [0.1, 0.15) is 11.5 Å². The number of phenolic OH excluding ortho intramolecular Hbond substituents is 1. The molecule has 0 spiro atoms. The Balaban J connectivity index is 1.76. The molecule has 5 heteroatoms. The van der Waals surface area contributed by atoms with E-state index in [0.717, 1.165) is 12.0 Å². The van der Waals surface area contributed by atoms with Crippen LogP contribution >= 0.6 is 0 Å². The van der Waals surface area contributed by atoms with Gasteiger partial charge in [-0.1, -0.05) is 19.1 Å². The van der Waals surface area contributed by atoms with Gasteiger partial charge in [-0.15, -0.1) is 0 Å². The molecule has 0 bridgehead atoms. The molecule has 0 heterocycles. The molecule has 0 saturated carbocycles. The number of amides is 1. The fourth-order valence-electron chi connectivity index (χ4n) is 1.74. The number of ether oxygens (including phenoxy) is 1. The second kappa shape index (κ2) is 7.83. The zero-order valence-corrected chi connectivity index (χ0v) is 12.3. The Hall–Kier alpha value is -2.82. The van der Waals surface area contributed by atoms with E-state index in [4.69, 9.17) is 9.84 Å². The summed E-state index contributed by atoms with van der Waals surface area (Å²) >= 11 is 0. The lowest BCUT2D eigenvalue weighted by Crippen LogP contribution is -2.24. The zero-order valence-electron chi connectivity index (χ0n) is 12.3. The van der Waals surface area contributed by atoms with E-state index >= 15 is 0 Å². The Bertz CT molecular complexity index is 634. The smallest absolute Gasteiger partial charge is 0.277 e. The summed E-state index contributed by atoms with van der Waals surface area (Å²) in [6.45, 7) is 1.98. The van der Waals surface area contributed by atoms with Crippen molar-refractivity contribution in [1.82, 2.24) is 5.43 Å². The highest BCUT2D eigenvalue weighted by Gasteiger charge is 2.01. The average molecular weight is 298 g/mol. The summed E-state index contributed by atoms with van der Waals surface area (Å²) in [5.74, 6) is 0.494. The van der Waals surface area contributed by atoms with Gasteiger partial charge >= 0.3 is 0 Å². The molecule has 0 aliphatic carbocycles. The van der Waals surface area contributed by atoms with E-state index in [0.29, 0.717) is 5.75 Å². The fraction of sp³-hybridized carbons (Fsp3) is 0.176. The van der Waals surface area contributed by atoms with Crippen molar-refractivity contribution in [3.8, 4) is 11.5 Å². The van der Waals surface area contributed by atoms with Gasteiger partial charge in [0.25, 0.3) is 5.91 Å². The first kappa shape index (κ1) is 15.6. The monoisotopic (exact) mass is 298 g/mol. The number of rotatable bonds is 6. The number of phenols is 1. The van der Waals surface area contributed by atoms with Crippen molar-refractivity contribution in [2.75, 3.05) is 6.61 Å². The van der Waals surface area contributed by atoms with Crippen LogP contribution in [0.15, 0.2) is 53.6 Å². The van der Waals surface area contributed by atoms with Crippen LogP contribution in [0.3, 0.4) is 0 Å². The highest BCUT2D eigenvalue weighted by Crippen LogP contribution is 2.12. The second-order valence-electron chi connectivity index (χ2n) is 4.67. The van der Waals surface area contributed by atoms with E-state index in [1.165, 1.54) is 11.8 Å². The van der Waals surface area contributed by atoms with E-state index < -0.39 is 0 Å². The van der Waals surface area contributed by atoms with Crippen molar-refractivity contribution in [2.24, 2.45) is 5.10 Å². The Kier molecular flexibility index (Phi) is 5.54. The van der Waals surface area contributed by atoms with Gasteiger partial charge in [-0.25, -0.2) is 5.43 Å². The number of hydrogen-bond donors (Lipinski definition) is 2. The van der Waals surface area contributed by atoms with E-state index in [9.17, 15) is 4.79 Å². The van der Waals surface area contributed by atoms with Gasteiger partial charge in [-0.2, -0.15) is 5.10 Å². The van der Waals surface area contributed by atoms with Gasteiger partial charge < -0.3 is 9.84 Å². The molecule has 0 aliphatic rings. The van der Waals surface area contributed by atoms with Gasteiger partial charge in [0.2, 0.25) is 0 Å². The minimum Gasteiger partial charge on any atom is -0.508 e. The second-order valence-corrected chi connectivity index (χ2v) is 4.67. The summed E-state index contributed by atoms with van der Waals surface area (Å²) in [6, 6.07) is 14.1. The molecule has 0 radical (unpaired) electrons. The van der Waals surface area contributed by atoms with Gasteiger partial charge in [-0.05, 0) is 53.9 Å². The number of aromatic hydroxyl groups is 1. The molecule has 0 fully saturated rings. The molecule has 1 amide bonds. The molecule has 0 saturated heterocycles.